The van der Waals surface area contributed by atoms with Gasteiger partial charge in [0.05, 0.1) is 18.6 Å². The average Bonchev–Trinajstić information content (AvgIpc) is 2.28. The summed E-state index contributed by atoms with van der Waals surface area (Å²) in [5.41, 5.74) is -0.437. The molecule has 0 fully saturated rings. The van der Waals surface area contributed by atoms with Gasteiger partial charge in [0, 0.05) is 0 Å². The smallest absolute Gasteiger partial charge is 0.416 e. The Labute approximate surface area is 104 Å². The van der Waals surface area contributed by atoms with Crippen LogP contribution >= 0.6 is 0 Å². The highest BCUT2D eigenvalue weighted by atomic mass is 19.4. The van der Waals surface area contributed by atoms with Gasteiger partial charge in [-0.15, -0.1) is 0 Å². The van der Waals surface area contributed by atoms with E-state index in [1.807, 2.05) is 6.92 Å². The fourth-order valence-electron chi connectivity index (χ4n) is 1.41. The number of hydrogen-bond acceptors (Lipinski definition) is 2. The molecule has 0 heterocycles. The van der Waals surface area contributed by atoms with E-state index >= 15 is 0 Å². The van der Waals surface area contributed by atoms with E-state index in [0.29, 0.717) is 12.2 Å². The number of carbonyl (C=O) groups is 1. The monoisotopic (exact) mass is 260 g/mol. The van der Waals surface area contributed by atoms with Gasteiger partial charge in [-0.1, -0.05) is 31.5 Å². The van der Waals surface area contributed by atoms with E-state index in [-0.39, 0.29) is 6.42 Å². The van der Waals surface area contributed by atoms with Crippen LogP contribution in [0.25, 0.3) is 0 Å². The topological polar surface area (TPSA) is 26.3 Å². The molecule has 1 aromatic rings. The van der Waals surface area contributed by atoms with Gasteiger partial charge in [0.1, 0.15) is 0 Å². The summed E-state index contributed by atoms with van der Waals surface area (Å²) in [5.74, 6) is -0.497. The second-order valence-electron chi connectivity index (χ2n) is 3.95. The van der Waals surface area contributed by atoms with Crippen LogP contribution in [0.2, 0.25) is 0 Å². The lowest BCUT2D eigenvalue weighted by atomic mass is 10.1. The third-order valence-corrected chi connectivity index (χ3v) is 2.36. The first-order valence-corrected chi connectivity index (χ1v) is 5.75. The maximum absolute atomic E-state index is 12.4. The van der Waals surface area contributed by atoms with Gasteiger partial charge in [-0.2, -0.15) is 13.2 Å². The number of benzene rings is 1. The molecule has 1 rings (SSSR count). The molecule has 5 heteroatoms. The average molecular weight is 260 g/mol. The van der Waals surface area contributed by atoms with Crippen molar-refractivity contribution in [3.63, 3.8) is 0 Å². The SMILES string of the molecule is CCCCOC(=O)Cc1cccc(C(F)(F)F)c1. The third kappa shape index (κ3) is 4.77. The molecule has 0 N–H and O–H groups in total. The van der Waals surface area contributed by atoms with Crippen molar-refractivity contribution in [1.82, 2.24) is 0 Å². The summed E-state index contributed by atoms with van der Waals surface area (Å²) >= 11 is 0. The van der Waals surface area contributed by atoms with E-state index in [4.69, 9.17) is 4.74 Å². The number of ether oxygens (including phenoxy) is 1. The number of esters is 1. The van der Waals surface area contributed by atoms with Crippen molar-refractivity contribution in [2.75, 3.05) is 6.61 Å². The van der Waals surface area contributed by atoms with Gasteiger partial charge in [-0.25, -0.2) is 0 Å². The first-order valence-electron chi connectivity index (χ1n) is 5.75. The molecule has 0 aliphatic carbocycles. The number of hydrogen-bond donors (Lipinski definition) is 0. The lowest BCUT2D eigenvalue weighted by Crippen LogP contribution is -2.10. The van der Waals surface area contributed by atoms with E-state index in [1.165, 1.54) is 12.1 Å². The van der Waals surface area contributed by atoms with Gasteiger partial charge in [0.25, 0.3) is 0 Å². The predicted octanol–water partition coefficient (Wildman–Crippen LogP) is 3.59. The van der Waals surface area contributed by atoms with E-state index in [2.05, 4.69) is 0 Å². The zero-order chi connectivity index (χ0) is 13.6. The molecule has 0 radical (unpaired) electrons. The van der Waals surface area contributed by atoms with Crippen molar-refractivity contribution in [2.45, 2.75) is 32.4 Å². The van der Waals surface area contributed by atoms with Crippen LogP contribution in [0.15, 0.2) is 24.3 Å². The molecule has 2 nitrogen and oxygen atoms in total. The summed E-state index contributed by atoms with van der Waals surface area (Å²) in [4.78, 5) is 11.3. The first kappa shape index (κ1) is 14.5. The molecule has 18 heavy (non-hydrogen) atoms. The molecular formula is C13H15F3O2. The standard InChI is InChI=1S/C13H15F3O2/c1-2-3-7-18-12(17)9-10-5-4-6-11(8-10)13(14,15)16/h4-6,8H,2-3,7,9H2,1H3. The summed E-state index contributed by atoms with van der Waals surface area (Å²) < 4.78 is 42.2. The normalized spacial score (nSPS) is 11.3. The number of carbonyl (C=O) groups excluding carboxylic acids is 1. The Bertz CT molecular complexity index is 399. The number of unbranched alkanes of at least 4 members (excludes halogenated alkanes) is 1. The number of alkyl halides is 3. The van der Waals surface area contributed by atoms with E-state index in [9.17, 15) is 18.0 Å². The van der Waals surface area contributed by atoms with Gasteiger partial charge in [-0.05, 0) is 18.1 Å². The summed E-state index contributed by atoms with van der Waals surface area (Å²) in [6, 6.07) is 4.72. The zero-order valence-electron chi connectivity index (χ0n) is 10.1. The van der Waals surface area contributed by atoms with Gasteiger partial charge in [0.2, 0.25) is 0 Å². The highest BCUT2D eigenvalue weighted by Crippen LogP contribution is 2.29. The third-order valence-electron chi connectivity index (χ3n) is 2.36. The summed E-state index contributed by atoms with van der Waals surface area (Å²) in [6.07, 6.45) is -2.86. The first-order chi connectivity index (χ1) is 8.43. The minimum atomic E-state index is -4.39. The van der Waals surface area contributed by atoms with Crippen molar-refractivity contribution >= 4 is 5.97 Å². The lowest BCUT2D eigenvalue weighted by molar-refractivity contribution is -0.143. The van der Waals surface area contributed by atoms with Crippen LogP contribution in [-0.4, -0.2) is 12.6 Å². The second kappa shape index (κ2) is 6.42. The van der Waals surface area contributed by atoms with Crippen molar-refractivity contribution in [1.29, 1.82) is 0 Å². The van der Waals surface area contributed by atoms with Gasteiger partial charge in [-0.3, -0.25) is 4.79 Å². The van der Waals surface area contributed by atoms with Gasteiger partial charge < -0.3 is 4.74 Å². The number of rotatable bonds is 5. The fraction of sp³-hybridized carbons (Fsp3) is 0.462. The quantitative estimate of drug-likeness (QED) is 0.597. The van der Waals surface area contributed by atoms with Crippen LogP contribution in [0.5, 0.6) is 0 Å². The highest BCUT2D eigenvalue weighted by Gasteiger charge is 2.30. The molecule has 0 atom stereocenters. The minimum absolute atomic E-state index is 0.131. The molecule has 0 unspecified atom stereocenters. The highest BCUT2D eigenvalue weighted by molar-refractivity contribution is 5.72. The van der Waals surface area contributed by atoms with Crippen molar-refractivity contribution < 1.29 is 22.7 Å². The largest absolute Gasteiger partial charge is 0.465 e. The maximum Gasteiger partial charge on any atom is 0.416 e. The van der Waals surface area contributed by atoms with E-state index in [1.54, 1.807) is 0 Å². The Morgan fingerprint density at radius 1 is 1.33 bits per heavy atom. The van der Waals surface area contributed by atoms with E-state index < -0.39 is 17.7 Å². The molecule has 0 aromatic heterocycles. The van der Waals surface area contributed by atoms with Crippen LogP contribution in [0.4, 0.5) is 13.2 Å². The Kier molecular flexibility index (Phi) is 5.19. The lowest BCUT2D eigenvalue weighted by Gasteiger charge is -2.08. The van der Waals surface area contributed by atoms with Crippen LogP contribution < -0.4 is 0 Å². The molecule has 0 aliphatic heterocycles. The molecular weight excluding hydrogens is 245 g/mol. The Morgan fingerprint density at radius 3 is 2.67 bits per heavy atom. The van der Waals surface area contributed by atoms with Gasteiger partial charge >= 0.3 is 12.1 Å². The summed E-state index contributed by atoms with van der Waals surface area (Å²) in [7, 11) is 0. The Balaban J connectivity index is 2.60. The van der Waals surface area contributed by atoms with E-state index in [0.717, 1.165) is 25.0 Å². The van der Waals surface area contributed by atoms with Crippen molar-refractivity contribution in [3.05, 3.63) is 35.4 Å². The van der Waals surface area contributed by atoms with Crippen molar-refractivity contribution in [3.8, 4) is 0 Å². The molecule has 1 aromatic carbocycles. The van der Waals surface area contributed by atoms with Gasteiger partial charge in [0.15, 0.2) is 0 Å². The molecule has 0 amide bonds. The molecule has 100 valence electrons. The molecule has 0 saturated heterocycles. The van der Waals surface area contributed by atoms with Crippen LogP contribution in [-0.2, 0) is 22.1 Å². The van der Waals surface area contributed by atoms with Crippen LogP contribution in [0.3, 0.4) is 0 Å². The second-order valence-corrected chi connectivity index (χ2v) is 3.95. The van der Waals surface area contributed by atoms with Crippen LogP contribution in [0.1, 0.15) is 30.9 Å². The molecule has 0 aliphatic rings. The summed E-state index contributed by atoms with van der Waals surface area (Å²) in [6.45, 7) is 2.27. The maximum atomic E-state index is 12.4. The number of halogens is 3. The molecule has 0 saturated carbocycles. The predicted molar refractivity (Wildman–Crippen MR) is 61.0 cm³/mol. The Hall–Kier alpha value is -1.52. The zero-order valence-corrected chi connectivity index (χ0v) is 10.1. The van der Waals surface area contributed by atoms with Crippen LogP contribution in [0, 0.1) is 0 Å². The molecule has 0 bridgehead atoms. The molecule has 0 spiro atoms. The fourth-order valence-corrected chi connectivity index (χ4v) is 1.41. The Morgan fingerprint density at radius 2 is 2.06 bits per heavy atom. The summed E-state index contributed by atoms with van der Waals surface area (Å²) in [5, 5.41) is 0. The van der Waals surface area contributed by atoms with Crippen molar-refractivity contribution in [2.24, 2.45) is 0 Å². The minimum Gasteiger partial charge on any atom is -0.465 e.